The molecule has 0 saturated heterocycles. The number of aromatic nitrogens is 1. The SMILES string of the molecule is O=C(O)C1CCCCC1Nc1ccc([N+](=O)[O-])cn1. The molecule has 19 heavy (non-hydrogen) atoms. The van der Waals surface area contributed by atoms with Gasteiger partial charge in [0.15, 0.2) is 0 Å². The molecule has 1 fully saturated rings. The van der Waals surface area contributed by atoms with Crippen molar-refractivity contribution in [2.45, 2.75) is 31.7 Å². The molecule has 0 radical (unpaired) electrons. The smallest absolute Gasteiger partial charge is 0.308 e. The summed E-state index contributed by atoms with van der Waals surface area (Å²) in [6.45, 7) is 0. The van der Waals surface area contributed by atoms with Crippen LogP contribution in [-0.4, -0.2) is 27.0 Å². The van der Waals surface area contributed by atoms with Crippen molar-refractivity contribution in [1.82, 2.24) is 4.98 Å². The summed E-state index contributed by atoms with van der Waals surface area (Å²) in [4.78, 5) is 25.1. The highest BCUT2D eigenvalue weighted by atomic mass is 16.6. The van der Waals surface area contributed by atoms with Crippen LogP contribution in [0, 0.1) is 16.0 Å². The number of hydrogen-bond acceptors (Lipinski definition) is 5. The number of nitrogens with zero attached hydrogens (tertiary/aromatic N) is 2. The average Bonchev–Trinajstić information content (AvgIpc) is 2.39. The molecule has 0 bridgehead atoms. The molecule has 0 amide bonds. The van der Waals surface area contributed by atoms with E-state index < -0.39 is 16.8 Å². The quantitative estimate of drug-likeness (QED) is 0.637. The third kappa shape index (κ3) is 3.18. The number of carboxylic acid groups (broad SMARTS) is 1. The van der Waals surface area contributed by atoms with E-state index in [9.17, 15) is 14.9 Å². The Balaban J connectivity index is 2.06. The molecule has 2 unspecified atom stereocenters. The fraction of sp³-hybridized carbons (Fsp3) is 0.500. The first-order chi connectivity index (χ1) is 9.08. The first-order valence-electron chi connectivity index (χ1n) is 6.17. The molecule has 7 heteroatoms. The van der Waals surface area contributed by atoms with Gasteiger partial charge in [-0.05, 0) is 18.9 Å². The molecule has 1 saturated carbocycles. The Morgan fingerprint density at radius 1 is 1.42 bits per heavy atom. The van der Waals surface area contributed by atoms with Gasteiger partial charge in [0.1, 0.15) is 12.0 Å². The standard InChI is InChI=1S/C12H15N3O4/c16-12(17)9-3-1-2-4-10(9)14-11-6-5-8(7-13-11)15(18)19/h5-7,9-10H,1-4H2,(H,13,14)(H,16,17). The number of pyridine rings is 1. The van der Waals surface area contributed by atoms with Gasteiger partial charge in [-0.25, -0.2) is 4.98 Å². The lowest BCUT2D eigenvalue weighted by atomic mass is 9.84. The van der Waals surface area contributed by atoms with Crippen LogP contribution in [0.25, 0.3) is 0 Å². The summed E-state index contributed by atoms with van der Waals surface area (Å²) in [5.74, 6) is -0.756. The fourth-order valence-electron chi connectivity index (χ4n) is 2.37. The lowest BCUT2D eigenvalue weighted by Crippen LogP contribution is -2.37. The first-order valence-corrected chi connectivity index (χ1v) is 6.17. The number of aliphatic carboxylic acids is 1. The van der Waals surface area contributed by atoms with E-state index in [0.29, 0.717) is 12.2 Å². The molecular weight excluding hydrogens is 250 g/mol. The molecule has 102 valence electrons. The van der Waals surface area contributed by atoms with Gasteiger partial charge < -0.3 is 10.4 Å². The Morgan fingerprint density at radius 2 is 2.16 bits per heavy atom. The number of nitrogens with one attached hydrogen (secondary N) is 1. The van der Waals surface area contributed by atoms with Gasteiger partial charge in [0.05, 0.1) is 10.8 Å². The second-order valence-corrected chi connectivity index (χ2v) is 4.64. The van der Waals surface area contributed by atoms with Gasteiger partial charge in [0.25, 0.3) is 5.69 Å². The summed E-state index contributed by atoms with van der Waals surface area (Å²) in [5.41, 5.74) is -0.0796. The molecule has 1 heterocycles. The number of rotatable bonds is 4. The third-order valence-corrected chi connectivity index (χ3v) is 3.38. The minimum atomic E-state index is -0.806. The number of anilines is 1. The predicted molar refractivity (Wildman–Crippen MR) is 67.9 cm³/mol. The zero-order chi connectivity index (χ0) is 13.8. The van der Waals surface area contributed by atoms with E-state index in [2.05, 4.69) is 10.3 Å². The largest absolute Gasteiger partial charge is 0.481 e. The van der Waals surface area contributed by atoms with Crippen molar-refractivity contribution in [3.63, 3.8) is 0 Å². The Labute approximate surface area is 109 Å². The minimum absolute atomic E-state index is 0.0796. The fourth-order valence-corrected chi connectivity index (χ4v) is 2.37. The summed E-state index contributed by atoms with van der Waals surface area (Å²) >= 11 is 0. The van der Waals surface area contributed by atoms with Crippen molar-refractivity contribution in [2.75, 3.05) is 5.32 Å². The lowest BCUT2D eigenvalue weighted by molar-refractivity contribution is -0.385. The molecule has 1 aromatic rings. The van der Waals surface area contributed by atoms with Gasteiger partial charge in [-0.15, -0.1) is 0 Å². The highest BCUT2D eigenvalue weighted by Gasteiger charge is 2.30. The lowest BCUT2D eigenvalue weighted by Gasteiger charge is -2.29. The minimum Gasteiger partial charge on any atom is -0.481 e. The van der Waals surface area contributed by atoms with Crippen LogP contribution in [0.4, 0.5) is 11.5 Å². The zero-order valence-electron chi connectivity index (χ0n) is 10.3. The summed E-state index contributed by atoms with van der Waals surface area (Å²) < 4.78 is 0. The van der Waals surface area contributed by atoms with E-state index in [1.807, 2.05) is 0 Å². The van der Waals surface area contributed by atoms with Crippen LogP contribution in [0.3, 0.4) is 0 Å². The molecule has 1 aliphatic carbocycles. The third-order valence-electron chi connectivity index (χ3n) is 3.38. The highest BCUT2D eigenvalue weighted by Crippen LogP contribution is 2.27. The van der Waals surface area contributed by atoms with Crippen LogP contribution in [0.2, 0.25) is 0 Å². The molecule has 0 aromatic carbocycles. The van der Waals surface area contributed by atoms with Crippen molar-refractivity contribution in [2.24, 2.45) is 5.92 Å². The van der Waals surface area contributed by atoms with Crippen LogP contribution >= 0.6 is 0 Å². The van der Waals surface area contributed by atoms with Crippen molar-refractivity contribution in [3.8, 4) is 0 Å². The maximum Gasteiger partial charge on any atom is 0.308 e. The van der Waals surface area contributed by atoms with Crippen LogP contribution in [0.5, 0.6) is 0 Å². The van der Waals surface area contributed by atoms with E-state index in [1.165, 1.54) is 18.3 Å². The van der Waals surface area contributed by atoms with E-state index >= 15 is 0 Å². The van der Waals surface area contributed by atoms with Gasteiger partial charge in [-0.1, -0.05) is 12.8 Å². The van der Waals surface area contributed by atoms with E-state index in [0.717, 1.165) is 19.3 Å². The number of carbonyl (C=O) groups is 1. The highest BCUT2D eigenvalue weighted by molar-refractivity contribution is 5.71. The van der Waals surface area contributed by atoms with Crippen molar-refractivity contribution in [3.05, 3.63) is 28.4 Å². The second-order valence-electron chi connectivity index (χ2n) is 4.64. The van der Waals surface area contributed by atoms with E-state index in [1.54, 1.807) is 0 Å². The molecule has 2 N–H and O–H groups in total. The molecule has 0 spiro atoms. The maximum absolute atomic E-state index is 11.1. The van der Waals surface area contributed by atoms with E-state index in [-0.39, 0.29) is 11.7 Å². The van der Waals surface area contributed by atoms with Crippen LogP contribution < -0.4 is 5.32 Å². The number of carboxylic acids is 1. The number of nitro groups is 1. The van der Waals surface area contributed by atoms with Gasteiger partial charge in [0, 0.05) is 12.1 Å². The summed E-state index contributed by atoms with van der Waals surface area (Å²) in [6.07, 6.45) is 4.49. The van der Waals surface area contributed by atoms with Gasteiger partial charge in [-0.2, -0.15) is 0 Å². The van der Waals surface area contributed by atoms with Gasteiger partial charge in [0.2, 0.25) is 0 Å². The van der Waals surface area contributed by atoms with Gasteiger partial charge in [-0.3, -0.25) is 14.9 Å². The summed E-state index contributed by atoms with van der Waals surface area (Å²) in [6, 6.07) is 2.69. The predicted octanol–water partition coefficient (Wildman–Crippen LogP) is 2.05. The Kier molecular flexibility index (Phi) is 3.94. The van der Waals surface area contributed by atoms with Crippen LogP contribution in [-0.2, 0) is 4.79 Å². The topological polar surface area (TPSA) is 105 Å². The van der Waals surface area contributed by atoms with Crippen LogP contribution in [0.15, 0.2) is 18.3 Å². The monoisotopic (exact) mass is 265 g/mol. The average molecular weight is 265 g/mol. The van der Waals surface area contributed by atoms with Crippen molar-refractivity contribution >= 4 is 17.5 Å². The second kappa shape index (κ2) is 5.64. The first kappa shape index (κ1) is 13.3. The summed E-state index contributed by atoms with van der Waals surface area (Å²) in [7, 11) is 0. The Hall–Kier alpha value is -2.18. The zero-order valence-corrected chi connectivity index (χ0v) is 10.3. The molecule has 2 atom stereocenters. The molecule has 1 aliphatic rings. The van der Waals surface area contributed by atoms with Crippen LogP contribution in [0.1, 0.15) is 25.7 Å². The molecule has 0 aliphatic heterocycles. The summed E-state index contributed by atoms with van der Waals surface area (Å²) in [5, 5.41) is 22.7. The number of hydrogen-bond donors (Lipinski definition) is 2. The molecular formula is C12H15N3O4. The Morgan fingerprint density at radius 3 is 2.74 bits per heavy atom. The Bertz CT molecular complexity index is 474. The van der Waals surface area contributed by atoms with Crippen molar-refractivity contribution < 1.29 is 14.8 Å². The van der Waals surface area contributed by atoms with E-state index in [4.69, 9.17) is 5.11 Å². The van der Waals surface area contributed by atoms with Crippen molar-refractivity contribution in [1.29, 1.82) is 0 Å². The molecule has 1 aromatic heterocycles. The normalized spacial score (nSPS) is 22.7. The molecule has 2 rings (SSSR count). The molecule has 7 nitrogen and oxygen atoms in total. The van der Waals surface area contributed by atoms with Gasteiger partial charge >= 0.3 is 5.97 Å². The maximum atomic E-state index is 11.1.